The first-order valence-electron chi connectivity index (χ1n) is 7.13. The summed E-state index contributed by atoms with van der Waals surface area (Å²) in [7, 11) is 0. The molecule has 0 spiro atoms. The van der Waals surface area contributed by atoms with Crippen molar-refractivity contribution in [2.45, 2.75) is 38.1 Å². The number of hydrogen-bond acceptors (Lipinski definition) is 2. The number of nitrogens with one attached hydrogen (secondary N) is 1. The lowest BCUT2D eigenvalue weighted by Gasteiger charge is -2.35. The Morgan fingerprint density at radius 2 is 1.65 bits per heavy atom. The Labute approximate surface area is 118 Å². The second-order valence-electron chi connectivity index (χ2n) is 6.00. The first-order valence-corrected chi connectivity index (χ1v) is 7.13. The van der Waals surface area contributed by atoms with Gasteiger partial charge in [-0.1, -0.05) is 24.3 Å². The molecule has 4 nitrogen and oxygen atoms in total. The van der Waals surface area contributed by atoms with E-state index < -0.39 is 11.5 Å². The molecule has 0 heterocycles. The van der Waals surface area contributed by atoms with Crippen molar-refractivity contribution in [3.05, 3.63) is 35.4 Å². The fraction of sp³-hybridized carbons (Fsp3) is 0.500. The van der Waals surface area contributed by atoms with Gasteiger partial charge in [0.05, 0.1) is 0 Å². The molecule has 0 radical (unpaired) electrons. The highest BCUT2D eigenvalue weighted by Gasteiger charge is 2.57. The third-order valence-electron chi connectivity index (χ3n) is 4.94. The van der Waals surface area contributed by atoms with E-state index in [9.17, 15) is 14.7 Å². The van der Waals surface area contributed by atoms with Crippen molar-refractivity contribution in [3.63, 3.8) is 0 Å². The minimum atomic E-state index is -1.09. The molecule has 0 aliphatic heterocycles. The molecule has 2 atom stereocenters. The molecule has 2 aliphatic rings. The molecular weight excluding hydrogens is 254 g/mol. The predicted octanol–water partition coefficient (Wildman–Crippen LogP) is 1.77. The Morgan fingerprint density at radius 3 is 2.05 bits per heavy atom. The molecule has 0 aromatic heterocycles. The molecule has 2 aliphatic carbocycles. The molecule has 2 N–H and O–H groups in total. The monoisotopic (exact) mass is 273 g/mol. The van der Waals surface area contributed by atoms with Gasteiger partial charge in [-0.15, -0.1) is 0 Å². The van der Waals surface area contributed by atoms with E-state index in [-0.39, 0.29) is 17.7 Å². The summed E-state index contributed by atoms with van der Waals surface area (Å²) in [4.78, 5) is 23.5. The van der Waals surface area contributed by atoms with E-state index in [4.69, 9.17) is 0 Å². The third-order valence-corrected chi connectivity index (χ3v) is 4.94. The van der Waals surface area contributed by atoms with Crippen LogP contribution in [0.2, 0.25) is 0 Å². The van der Waals surface area contributed by atoms with Gasteiger partial charge >= 0.3 is 5.97 Å². The van der Waals surface area contributed by atoms with Crippen LogP contribution in [0.25, 0.3) is 0 Å². The minimum Gasteiger partial charge on any atom is -0.479 e. The smallest absolute Gasteiger partial charge is 0.330 e. The average Bonchev–Trinajstić information content (AvgIpc) is 2.62. The zero-order valence-corrected chi connectivity index (χ0v) is 11.6. The lowest BCUT2D eigenvalue weighted by Crippen LogP contribution is -2.60. The number of carboxylic acids is 1. The van der Waals surface area contributed by atoms with Crippen molar-refractivity contribution >= 4 is 11.9 Å². The number of hydrogen-bond donors (Lipinski definition) is 2. The Bertz CT molecular complexity index is 534. The van der Waals surface area contributed by atoms with Crippen molar-refractivity contribution in [2.75, 3.05) is 0 Å². The van der Waals surface area contributed by atoms with Crippen LogP contribution in [-0.2, 0) is 22.4 Å². The van der Waals surface area contributed by atoms with Gasteiger partial charge in [0, 0.05) is 6.92 Å². The van der Waals surface area contributed by atoms with E-state index in [0.717, 1.165) is 25.7 Å². The molecule has 4 heteroatoms. The number of rotatable bonds is 2. The number of carboxylic acid groups (broad SMARTS) is 1. The molecule has 1 amide bonds. The maximum Gasteiger partial charge on any atom is 0.330 e. The number of aliphatic carboxylic acids is 1. The van der Waals surface area contributed by atoms with Crippen LogP contribution in [0.15, 0.2) is 24.3 Å². The number of benzene rings is 1. The zero-order valence-electron chi connectivity index (χ0n) is 11.6. The average molecular weight is 273 g/mol. The molecule has 106 valence electrons. The van der Waals surface area contributed by atoms with Crippen LogP contribution < -0.4 is 5.32 Å². The standard InChI is InChI=1S/C16H19NO3/c1-10(18)17-16(15(19)20)13-6-7-14(16)9-12-5-3-2-4-11(12)8-13/h2-5,13-14H,6-9H2,1H3,(H,17,18)(H,19,20). The fourth-order valence-electron chi connectivity index (χ4n) is 4.10. The van der Waals surface area contributed by atoms with Crippen LogP contribution in [0.4, 0.5) is 0 Å². The lowest BCUT2D eigenvalue weighted by molar-refractivity contribution is -0.151. The van der Waals surface area contributed by atoms with E-state index in [0.29, 0.717) is 0 Å². The molecule has 1 fully saturated rings. The van der Waals surface area contributed by atoms with Crippen LogP contribution >= 0.6 is 0 Å². The van der Waals surface area contributed by atoms with E-state index >= 15 is 0 Å². The van der Waals surface area contributed by atoms with Crippen LogP contribution in [0, 0.1) is 11.8 Å². The van der Waals surface area contributed by atoms with Gasteiger partial charge in [0.15, 0.2) is 0 Å². The Hall–Kier alpha value is -1.84. The number of carbonyl (C=O) groups excluding carboxylic acids is 1. The number of carbonyl (C=O) groups is 2. The number of fused-ring (bicyclic) bond motifs is 3. The van der Waals surface area contributed by atoms with Crippen molar-refractivity contribution < 1.29 is 14.7 Å². The largest absolute Gasteiger partial charge is 0.479 e. The summed E-state index contributed by atoms with van der Waals surface area (Å²) >= 11 is 0. The summed E-state index contributed by atoms with van der Waals surface area (Å²) in [6, 6.07) is 8.16. The predicted molar refractivity (Wildman–Crippen MR) is 74.2 cm³/mol. The number of amides is 1. The Balaban J connectivity index is 2.06. The molecule has 1 aromatic carbocycles. The van der Waals surface area contributed by atoms with Gasteiger partial charge in [0.2, 0.25) is 5.91 Å². The molecule has 2 bridgehead atoms. The lowest BCUT2D eigenvalue weighted by atomic mass is 9.78. The zero-order chi connectivity index (χ0) is 14.3. The van der Waals surface area contributed by atoms with Crippen molar-refractivity contribution in [2.24, 2.45) is 11.8 Å². The molecule has 1 aromatic rings. The first-order chi connectivity index (χ1) is 9.54. The molecule has 1 saturated carbocycles. The maximum atomic E-state index is 12.0. The molecule has 2 unspecified atom stereocenters. The first kappa shape index (κ1) is 13.2. The topological polar surface area (TPSA) is 66.4 Å². The van der Waals surface area contributed by atoms with Crippen LogP contribution in [0.5, 0.6) is 0 Å². The van der Waals surface area contributed by atoms with E-state index in [1.165, 1.54) is 18.1 Å². The molecular formula is C16H19NO3. The van der Waals surface area contributed by atoms with Gasteiger partial charge in [-0.2, -0.15) is 0 Å². The summed E-state index contributed by atoms with van der Waals surface area (Å²) in [6.45, 7) is 1.40. The normalized spacial score (nSPS) is 31.2. The SMILES string of the molecule is CC(=O)NC1(C(=O)O)C2CCC1Cc1ccccc1C2. The minimum absolute atomic E-state index is 0.0162. The van der Waals surface area contributed by atoms with E-state index in [1.807, 2.05) is 12.1 Å². The fourth-order valence-corrected chi connectivity index (χ4v) is 4.10. The van der Waals surface area contributed by atoms with Gasteiger partial charge in [-0.05, 0) is 48.6 Å². The van der Waals surface area contributed by atoms with Gasteiger partial charge in [-0.25, -0.2) is 4.79 Å². The molecule has 3 rings (SSSR count). The highest BCUT2D eigenvalue weighted by Crippen LogP contribution is 2.47. The summed E-state index contributed by atoms with van der Waals surface area (Å²) < 4.78 is 0. The third kappa shape index (κ3) is 1.82. The second kappa shape index (κ2) is 4.62. The van der Waals surface area contributed by atoms with Gasteiger partial charge < -0.3 is 10.4 Å². The highest BCUT2D eigenvalue weighted by molar-refractivity contribution is 5.87. The van der Waals surface area contributed by atoms with Crippen molar-refractivity contribution in [3.8, 4) is 0 Å². The van der Waals surface area contributed by atoms with Crippen LogP contribution in [0.3, 0.4) is 0 Å². The summed E-state index contributed by atoms with van der Waals surface area (Å²) in [6.07, 6.45) is 3.20. The Morgan fingerprint density at radius 1 is 1.15 bits per heavy atom. The van der Waals surface area contributed by atoms with E-state index in [2.05, 4.69) is 17.4 Å². The van der Waals surface area contributed by atoms with Gasteiger partial charge in [-0.3, -0.25) is 4.79 Å². The molecule has 0 saturated heterocycles. The highest BCUT2D eigenvalue weighted by atomic mass is 16.4. The van der Waals surface area contributed by atoms with Crippen LogP contribution in [0.1, 0.15) is 30.9 Å². The summed E-state index contributed by atoms with van der Waals surface area (Å²) in [5, 5.41) is 12.6. The summed E-state index contributed by atoms with van der Waals surface area (Å²) in [5.41, 5.74) is 1.37. The van der Waals surface area contributed by atoms with Crippen molar-refractivity contribution in [1.29, 1.82) is 0 Å². The van der Waals surface area contributed by atoms with Crippen LogP contribution in [-0.4, -0.2) is 22.5 Å². The summed E-state index contributed by atoms with van der Waals surface area (Å²) in [5.74, 6) is -1.17. The van der Waals surface area contributed by atoms with Crippen molar-refractivity contribution in [1.82, 2.24) is 5.32 Å². The van der Waals surface area contributed by atoms with Gasteiger partial charge in [0.25, 0.3) is 0 Å². The second-order valence-corrected chi connectivity index (χ2v) is 6.00. The maximum absolute atomic E-state index is 12.0. The quantitative estimate of drug-likeness (QED) is 0.863. The van der Waals surface area contributed by atoms with E-state index in [1.54, 1.807) is 0 Å². The Kier molecular flexibility index (Phi) is 3.04. The molecule has 20 heavy (non-hydrogen) atoms. The van der Waals surface area contributed by atoms with Gasteiger partial charge in [0.1, 0.15) is 5.54 Å².